The molecule has 4 rings (SSSR count). The molecule has 0 atom stereocenters. The quantitative estimate of drug-likeness (QED) is 0.479. The number of thioether (sulfide) groups is 1. The minimum atomic E-state index is -1.14. The van der Waals surface area contributed by atoms with Crippen molar-refractivity contribution in [2.75, 3.05) is 6.54 Å². The van der Waals surface area contributed by atoms with Gasteiger partial charge in [-0.2, -0.15) is 5.10 Å². The summed E-state index contributed by atoms with van der Waals surface area (Å²) in [6, 6.07) is 15.3. The lowest BCUT2D eigenvalue weighted by Crippen LogP contribution is -2.33. The van der Waals surface area contributed by atoms with Crippen LogP contribution in [0.3, 0.4) is 0 Å². The number of rotatable bonds is 5. The third-order valence-corrected chi connectivity index (χ3v) is 5.71. The number of carbonyl (C=O) groups is 2. The minimum absolute atomic E-state index is 0.187. The number of hydrogen-bond acceptors (Lipinski definition) is 5. The van der Waals surface area contributed by atoms with Gasteiger partial charge in [-0.15, -0.1) is 0 Å². The summed E-state index contributed by atoms with van der Waals surface area (Å²) < 4.78 is 15.2. The number of hydrogen-bond donors (Lipinski definition) is 1. The molecule has 1 aliphatic heterocycles. The fourth-order valence-corrected chi connectivity index (χ4v) is 4.20. The number of thiocarbonyl (C=S) groups is 1. The van der Waals surface area contributed by atoms with Crippen LogP contribution >= 0.6 is 24.0 Å². The normalized spacial score (nSPS) is 15.2. The van der Waals surface area contributed by atoms with E-state index in [9.17, 15) is 14.0 Å². The number of halogens is 1. The number of nitrogens with zero attached hydrogens (tertiary/aromatic N) is 3. The van der Waals surface area contributed by atoms with Crippen LogP contribution in [0.4, 0.5) is 4.39 Å². The topological polar surface area (TPSA) is 75.4 Å². The molecule has 9 heteroatoms. The molecule has 1 amide bonds. The molecule has 1 aliphatic rings. The van der Waals surface area contributed by atoms with E-state index in [-0.39, 0.29) is 10.1 Å². The van der Waals surface area contributed by atoms with Crippen LogP contribution in [0.1, 0.15) is 5.56 Å². The Hall–Kier alpha value is -3.30. The number of aliphatic carboxylic acids is 1. The first-order valence-corrected chi connectivity index (χ1v) is 10.0. The Bertz CT molecular complexity index is 1170. The summed E-state index contributed by atoms with van der Waals surface area (Å²) in [6.07, 6.45) is 3.39. The van der Waals surface area contributed by atoms with Crippen molar-refractivity contribution in [1.82, 2.24) is 14.7 Å². The molecule has 2 aromatic carbocycles. The van der Waals surface area contributed by atoms with E-state index in [0.717, 1.165) is 22.3 Å². The van der Waals surface area contributed by atoms with Crippen LogP contribution in [-0.2, 0) is 9.59 Å². The molecule has 6 nitrogen and oxygen atoms in total. The van der Waals surface area contributed by atoms with Gasteiger partial charge in [-0.1, -0.05) is 42.2 Å². The lowest BCUT2D eigenvalue weighted by Gasteiger charge is -2.10. The maximum atomic E-state index is 13.4. The number of carbonyl (C=O) groups excluding carboxylic acids is 1. The van der Waals surface area contributed by atoms with Crippen molar-refractivity contribution in [2.45, 2.75) is 0 Å². The number of amides is 1. The lowest BCUT2D eigenvalue weighted by atomic mass is 10.1. The SMILES string of the molecule is O=C(O)CN1C(=O)/C(=C/c2cn(-c3ccccc3)nc2-c2ccc(F)cc2)SC1=S. The number of aromatic nitrogens is 2. The summed E-state index contributed by atoms with van der Waals surface area (Å²) in [5.41, 5.74) is 2.68. The molecule has 0 unspecified atom stereocenters. The summed E-state index contributed by atoms with van der Waals surface area (Å²) >= 11 is 6.19. The summed E-state index contributed by atoms with van der Waals surface area (Å²) in [5, 5.41) is 13.6. The van der Waals surface area contributed by atoms with E-state index in [1.165, 1.54) is 12.1 Å². The highest BCUT2D eigenvalue weighted by Gasteiger charge is 2.33. The van der Waals surface area contributed by atoms with Crippen LogP contribution < -0.4 is 0 Å². The highest BCUT2D eigenvalue weighted by Crippen LogP contribution is 2.34. The highest BCUT2D eigenvalue weighted by atomic mass is 32.2. The highest BCUT2D eigenvalue weighted by molar-refractivity contribution is 8.26. The Morgan fingerprint density at radius 1 is 1.17 bits per heavy atom. The van der Waals surface area contributed by atoms with Crippen LogP contribution in [0, 0.1) is 5.82 Å². The maximum absolute atomic E-state index is 13.4. The molecular weight excluding hydrogens is 425 g/mol. The van der Waals surface area contributed by atoms with E-state index in [1.54, 1.807) is 29.1 Å². The standard InChI is InChI=1S/C21H14FN3O3S2/c22-15-8-6-13(7-9-15)19-14(11-25(23-19)16-4-2-1-3-5-16)10-17-20(28)24(12-18(26)27)21(29)30-17/h1-11H,12H2,(H,26,27)/b17-10-. The van der Waals surface area contributed by atoms with Crippen molar-refractivity contribution in [1.29, 1.82) is 0 Å². The Kier molecular flexibility index (Phi) is 5.47. The number of para-hydroxylation sites is 1. The zero-order chi connectivity index (χ0) is 21.3. The van der Waals surface area contributed by atoms with Gasteiger partial charge in [0.05, 0.1) is 16.3 Å². The maximum Gasteiger partial charge on any atom is 0.323 e. The van der Waals surface area contributed by atoms with Crippen molar-refractivity contribution in [3.63, 3.8) is 0 Å². The van der Waals surface area contributed by atoms with Gasteiger partial charge in [0.1, 0.15) is 16.7 Å². The summed E-state index contributed by atoms with van der Waals surface area (Å²) in [7, 11) is 0. The van der Waals surface area contributed by atoms with E-state index in [1.807, 2.05) is 30.3 Å². The Labute approximate surface area is 180 Å². The summed E-state index contributed by atoms with van der Waals surface area (Å²) in [6.45, 7) is -0.490. The van der Waals surface area contributed by atoms with Gasteiger partial charge in [-0.3, -0.25) is 14.5 Å². The number of benzene rings is 2. The van der Waals surface area contributed by atoms with E-state index in [0.29, 0.717) is 21.7 Å². The molecule has 1 saturated heterocycles. The van der Waals surface area contributed by atoms with Crippen molar-refractivity contribution in [3.8, 4) is 16.9 Å². The van der Waals surface area contributed by atoms with Crippen molar-refractivity contribution in [2.24, 2.45) is 0 Å². The van der Waals surface area contributed by atoms with E-state index < -0.39 is 18.4 Å². The molecule has 0 saturated carbocycles. The van der Waals surface area contributed by atoms with Gasteiger partial charge >= 0.3 is 5.97 Å². The Balaban J connectivity index is 1.78. The van der Waals surface area contributed by atoms with E-state index in [2.05, 4.69) is 5.10 Å². The molecular formula is C21H14FN3O3S2. The smallest absolute Gasteiger partial charge is 0.323 e. The average Bonchev–Trinajstić information content (AvgIpc) is 3.26. The van der Waals surface area contributed by atoms with Crippen LogP contribution in [-0.4, -0.2) is 42.5 Å². The number of carboxylic acid groups (broad SMARTS) is 1. The van der Waals surface area contributed by atoms with Gasteiger partial charge in [0.25, 0.3) is 5.91 Å². The molecule has 1 aromatic heterocycles. The van der Waals surface area contributed by atoms with Gasteiger partial charge < -0.3 is 5.11 Å². The second-order valence-electron chi connectivity index (χ2n) is 6.38. The van der Waals surface area contributed by atoms with Gasteiger partial charge in [-0.05, 0) is 42.5 Å². The van der Waals surface area contributed by atoms with Gasteiger partial charge in [0.15, 0.2) is 0 Å². The molecule has 3 aromatic rings. The Morgan fingerprint density at radius 3 is 2.53 bits per heavy atom. The first-order chi connectivity index (χ1) is 14.4. The first kappa shape index (κ1) is 20.0. The fourth-order valence-electron chi connectivity index (χ4n) is 2.95. The average molecular weight is 439 g/mol. The molecule has 0 spiro atoms. The van der Waals surface area contributed by atoms with Crippen LogP contribution in [0.5, 0.6) is 0 Å². The third kappa shape index (κ3) is 4.03. The zero-order valence-electron chi connectivity index (χ0n) is 15.4. The summed E-state index contributed by atoms with van der Waals surface area (Å²) in [5.74, 6) is -1.97. The molecule has 30 heavy (non-hydrogen) atoms. The predicted octanol–water partition coefficient (Wildman–Crippen LogP) is 3.96. The van der Waals surface area contributed by atoms with Gasteiger partial charge in [0, 0.05) is 17.3 Å². The van der Waals surface area contributed by atoms with Gasteiger partial charge in [0.2, 0.25) is 0 Å². The molecule has 1 N–H and O–H groups in total. The molecule has 1 fully saturated rings. The van der Waals surface area contributed by atoms with Crippen LogP contribution in [0.15, 0.2) is 65.7 Å². The monoisotopic (exact) mass is 439 g/mol. The zero-order valence-corrected chi connectivity index (χ0v) is 17.0. The minimum Gasteiger partial charge on any atom is -0.480 e. The fraction of sp³-hybridized carbons (Fsp3) is 0.0476. The molecule has 0 radical (unpaired) electrons. The largest absolute Gasteiger partial charge is 0.480 e. The van der Waals surface area contributed by atoms with Crippen LogP contribution in [0.2, 0.25) is 0 Å². The second kappa shape index (κ2) is 8.21. The molecule has 2 heterocycles. The molecule has 0 aliphatic carbocycles. The van der Waals surface area contributed by atoms with Crippen molar-refractivity contribution >= 4 is 46.3 Å². The number of carboxylic acids is 1. The van der Waals surface area contributed by atoms with Crippen LogP contribution in [0.25, 0.3) is 23.0 Å². The summed E-state index contributed by atoms with van der Waals surface area (Å²) in [4.78, 5) is 25.0. The van der Waals surface area contributed by atoms with Crippen molar-refractivity contribution in [3.05, 3.63) is 77.1 Å². The van der Waals surface area contributed by atoms with E-state index >= 15 is 0 Å². The molecule has 0 bridgehead atoms. The lowest BCUT2D eigenvalue weighted by molar-refractivity contribution is -0.140. The second-order valence-corrected chi connectivity index (χ2v) is 8.06. The van der Waals surface area contributed by atoms with E-state index in [4.69, 9.17) is 17.3 Å². The molecule has 150 valence electrons. The predicted molar refractivity (Wildman–Crippen MR) is 116 cm³/mol. The van der Waals surface area contributed by atoms with Gasteiger partial charge in [-0.25, -0.2) is 9.07 Å². The Morgan fingerprint density at radius 2 is 1.87 bits per heavy atom. The first-order valence-electron chi connectivity index (χ1n) is 8.80. The van der Waals surface area contributed by atoms with Crippen molar-refractivity contribution < 1.29 is 19.1 Å². The third-order valence-electron chi connectivity index (χ3n) is 4.33.